The first-order valence-electron chi connectivity index (χ1n) is 8.70. The molecule has 3 unspecified atom stereocenters. The highest BCUT2D eigenvalue weighted by Crippen LogP contribution is 2.40. The van der Waals surface area contributed by atoms with Gasteiger partial charge in [-0.1, -0.05) is 34.6 Å². The van der Waals surface area contributed by atoms with Crippen molar-refractivity contribution in [3.63, 3.8) is 0 Å². The van der Waals surface area contributed by atoms with E-state index in [1.54, 1.807) is 0 Å². The van der Waals surface area contributed by atoms with Crippen LogP contribution in [-0.4, -0.2) is 37.6 Å². The third-order valence-corrected chi connectivity index (χ3v) is 5.67. The summed E-state index contributed by atoms with van der Waals surface area (Å²) >= 11 is 0. The molecule has 2 nitrogen and oxygen atoms in total. The summed E-state index contributed by atoms with van der Waals surface area (Å²) in [6.07, 6.45) is 6.67. The van der Waals surface area contributed by atoms with Crippen LogP contribution in [0.4, 0.5) is 0 Å². The fourth-order valence-electron chi connectivity index (χ4n) is 4.06. The monoisotopic (exact) mass is 282 g/mol. The Bertz CT molecular complexity index is 265. The zero-order valence-electron chi connectivity index (χ0n) is 15.0. The van der Waals surface area contributed by atoms with Crippen LogP contribution in [-0.2, 0) is 0 Å². The Labute approximate surface area is 127 Å². The van der Waals surface area contributed by atoms with Gasteiger partial charge in [-0.05, 0) is 63.5 Å². The van der Waals surface area contributed by atoms with Gasteiger partial charge >= 0.3 is 0 Å². The molecule has 0 heterocycles. The van der Waals surface area contributed by atoms with Crippen LogP contribution in [0.2, 0.25) is 0 Å². The van der Waals surface area contributed by atoms with E-state index in [9.17, 15) is 0 Å². The van der Waals surface area contributed by atoms with Gasteiger partial charge in [0, 0.05) is 18.6 Å². The van der Waals surface area contributed by atoms with Gasteiger partial charge in [0.15, 0.2) is 0 Å². The van der Waals surface area contributed by atoms with Crippen LogP contribution >= 0.6 is 0 Å². The van der Waals surface area contributed by atoms with Crippen molar-refractivity contribution in [2.24, 2.45) is 17.3 Å². The number of hydrogen-bond acceptors (Lipinski definition) is 2. The molecular weight excluding hydrogens is 244 g/mol. The van der Waals surface area contributed by atoms with Gasteiger partial charge < -0.3 is 10.2 Å². The predicted octanol–water partition coefficient (Wildman–Crippen LogP) is 4.16. The van der Waals surface area contributed by atoms with Gasteiger partial charge in [-0.15, -0.1) is 0 Å². The van der Waals surface area contributed by atoms with Gasteiger partial charge in [0.05, 0.1) is 0 Å². The molecule has 1 rings (SSSR count). The van der Waals surface area contributed by atoms with E-state index in [4.69, 9.17) is 0 Å². The molecule has 1 aliphatic rings. The zero-order valence-corrected chi connectivity index (χ0v) is 15.0. The molecule has 120 valence electrons. The van der Waals surface area contributed by atoms with E-state index in [2.05, 4.69) is 58.9 Å². The van der Waals surface area contributed by atoms with Crippen molar-refractivity contribution >= 4 is 0 Å². The summed E-state index contributed by atoms with van der Waals surface area (Å²) < 4.78 is 0. The standard InChI is InChI=1S/C18H38N2/c1-8-16(9-2)20(7)13-14-12-15(18(3,4)5)10-11-17(14)19-6/h14-17,19H,8-13H2,1-7H3. The van der Waals surface area contributed by atoms with Crippen LogP contribution in [0, 0.1) is 17.3 Å². The molecule has 0 spiro atoms. The Kier molecular flexibility index (Phi) is 7.00. The van der Waals surface area contributed by atoms with Gasteiger partial charge in [0.25, 0.3) is 0 Å². The fourth-order valence-corrected chi connectivity index (χ4v) is 4.06. The molecule has 0 radical (unpaired) electrons. The first kappa shape index (κ1) is 18.0. The van der Waals surface area contributed by atoms with Crippen LogP contribution in [0.5, 0.6) is 0 Å². The first-order chi connectivity index (χ1) is 9.33. The van der Waals surface area contributed by atoms with Gasteiger partial charge in [0.2, 0.25) is 0 Å². The van der Waals surface area contributed by atoms with Crippen molar-refractivity contribution in [2.75, 3.05) is 20.6 Å². The summed E-state index contributed by atoms with van der Waals surface area (Å²) in [6, 6.07) is 1.47. The third kappa shape index (κ3) is 4.73. The number of nitrogens with one attached hydrogen (secondary N) is 1. The number of rotatable bonds is 6. The highest BCUT2D eigenvalue weighted by molar-refractivity contribution is 4.90. The molecule has 3 atom stereocenters. The average molecular weight is 283 g/mol. The molecule has 20 heavy (non-hydrogen) atoms. The van der Waals surface area contributed by atoms with Crippen molar-refractivity contribution in [1.29, 1.82) is 0 Å². The maximum atomic E-state index is 3.58. The highest BCUT2D eigenvalue weighted by Gasteiger charge is 2.36. The van der Waals surface area contributed by atoms with Crippen molar-refractivity contribution in [3.05, 3.63) is 0 Å². The quantitative estimate of drug-likeness (QED) is 0.787. The van der Waals surface area contributed by atoms with E-state index in [0.717, 1.165) is 17.9 Å². The lowest BCUT2D eigenvalue weighted by Gasteiger charge is -2.44. The topological polar surface area (TPSA) is 15.3 Å². The average Bonchev–Trinajstić information content (AvgIpc) is 2.39. The van der Waals surface area contributed by atoms with E-state index in [1.807, 2.05) is 0 Å². The second-order valence-corrected chi connectivity index (χ2v) is 7.94. The molecule has 0 saturated heterocycles. The van der Waals surface area contributed by atoms with Gasteiger partial charge in [-0.2, -0.15) is 0 Å². The van der Waals surface area contributed by atoms with E-state index >= 15 is 0 Å². The van der Waals surface area contributed by atoms with Crippen LogP contribution in [0.1, 0.15) is 66.7 Å². The minimum atomic E-state index is 0.463. The molecule has 0 aliphatic heterocycles. The van der Waals surface area contributed by atoms with E-state index in [0.29, 0.717) is 11.5 Å². The summed E-state index contributed by atoms with van der Waals surface area (Å²) in [5.41, 5.74) is 0.463. The fraction of sp³-hybridized carbons (Fsp3) is 1.00. The van der Waals surface area contributed by atoms with E-state index in [1.165, 1.54) is 38.6 Å². The highest BCUT2D eigenvalue weighted by atomic mass is 15.1. The molecule has 1 saturated carbocycles. The maximum absolute atomic E-state index is 3.58. The minimum absolute atomic E-state index is 0.463. The zero-order chi connectivity index (χ0) is 15.3. The molecule has 0 aromatic rings. The molecular formula is C18H38N2. The third-order valence-electron chi connectivity index (χ3n) is 5.67. The second-order valence-electron chi connectivity index (χ2n) is 7.94. The van der Waals surface area contributed by atoms with Crippen LogP contribution < -0.4 is 5.32 Å². The Balaban J connectivity index is 2.67. The number of nitrogens with zero attached hydrogens (tertiary/aromatic N) is 1. The van der Waals surface area contributed by atoms with Crippen LogP contribution in [0.25, 0.3) is 0 Å². The number of hydrogen-bond donors (Lipinski definition) is 1. The van der Waals surface area contributed by atoms with Crippen LogP contribution in [0.3, 0.4) is 0 Å². The molecule has 0 aromatic heterocycles. The first-order valence-corrected chi connectivity index (χ1v) is 8.70. The minimum Gasteiger partial charge on any atom is -0.317 e. The molecule has 0 aromatic carbocycles. The summed E-state index contributed by atoms with van der Waals surface area (Å²) in [6.45, 7) is 13.1. The van der Waals surface area contributed by atoms with E-state index < -0.39 is 0 Å². The molecule has 1 N–H and O–H groups in total. The van der Waals surface area contributed by atoms with Gasteiger partial charge in [-0.3, -0.25) is 0 Å². The van der Waals surface area contributed by atoms with Crippen molar-refractivity contribution in [3.8, 4) is 0 Å². The molecule has 0 bridgehead atoms. The Morgan fingerprint density at radius 1 is 1.15 bits per heavy atom. The van der Waals surface area contributed by atoms with Crippen molar-refractivity contribution in [2.45, 2.75) is 78.8 Å². The Hall–Kier alpha value is -0.0800. The van der Waals surface area contributed by atoms with E-state index in [-0.39, 0.29) is 0 Å². The molecule has 2 heteroatoms. The maximum Gasteiger partial charge on any atom is 0.0105 e. The van der Waals surface area contributed by atoms with Gasteiger partial charge in [-0.25, -0.2) is 0 Å². The van der Waals surface area contributed by atoms with Crippen molar-refractivity contribution in [1.82, 2.24) is 10.2 Å². The normalized spacial score (nSPS) is 28.4. The second kappa shape index (κ2) is 7.79. The Morgan fingerprint density at radius 3 is 2.20 bits per heavy atom. The lowest BCUT2D eigenvalue weighted by atomic mass is 9.67. The predicted molar refractivity (Wildman–Crippen MR) is 90.1 cm³/mol. The lowest BCUT2D eigenvalue weighted by Crippen LogP contribution is -2.47. The summed E-state index contributed by atoms with van der Waals surface area (Å²) in [7, 11) is 4.47. The lowest BCUT2D eigenvalue weighted by molar-refractivity contribution is 0.0836. The Morgan fingerprint density at radius 2 is 1.75 bits per heavy atom. The van der Waals surface area contributed by atoms with Crippen molar-refractivity contribution < 1.29 is 0 Å². The smallest absolute Gasteiger partial charge is 0.0105 e. The SMILES string of the molecule is CCC(CC)N(C)CC1CC(C(C)(C)C)CCC1NC. The summed E-state index contributed by atoms with van der Waals surface area (Å²) in [5.74, 6) is 1.69. The molecule has 0 amide bonds. The summed E-state index contributed by atoms with van der Waals surface area (Å²) in [5, 5.41) is 3.58. The van der Waals surface area contributed by atoms with Gasteiger partial charge in [0.1, 0.15) is 0 Å². The molecule has 1 aliphatic carbocycles. The molecule has 1 fully saturated rings. The van der Waals surface area contributed by atoms with Crippen LogP contribution in [0.15, 0.2) is 0 Å². The largest absolute Gasteiger partial charge is 0.317 e. The summed E-state index contributed by atoms with van der Waals surface area (Å²) in [4.78, 5) is 2.61.